The molecule has 2 saturated heterocycles. The fourth-order valence-electron chi connectivity index (χ4n) is 3.72. The third-order valence-corrected chi connectivity index (χ3v) is 6.37. The Morgan fingerprint density at radius 2 is 2.14 bits per heavy atom. The maximum absolute atomic E-state index is 6.20. The van der Waals surface area contributed by atoms with Gasteiger partial charge < -0.3 is 9.47 Å². The van der Waals surface area contributed by atoms with Gasteiger partial charge >= 0.3 is 0 Å². The standard InChI is InChI=1S/C18H27NO2S/c1-14-2-5-17(22-14)11-19-8-6-18(7-9-19)10-16(13-21-18)20-12-15-3-4-15/h2,5,15-16H,3-4,6-13H2,1H3/t16-/m1/s1. The first-order chi connectivity index (χ1) is 10.7. The van der Waals surface area contributed by atoms with Crippen LogP contribution in [0.4, 0.5) is 0 Å². The molecule has 1 aliphatic carbocycles. The zero-order valence-electron chi connectivity index (χ0n) is 13.6. The highest BCUT2D eigenvalue weighted by Crippen LogP contribution is 2.38. The Kier molecular flexibility index (Phi) is 4.29. The molecule has 0 amide bonds. The van der Waals surface area contributed by atoms with Crippen molar-refractivity contribution in [3.05, 3.63) is 21.9 Å². The largest absolute Gasteiger partial charge is 0.375 e. The molecule has 0 bridgehead atoms. The van der Waals surface area contributed by atoms with E-state index in [9.17, 15) is 0 Å². The summed E-state index contributed by atoms with van der Waals surface area (Å²) >= 11 is 1.93. The van der Waals surface area contributed by atoms with E-state index in [-0.39, 0.29) is 5.60 Å². The summed E-state index contributed by atoms with van der Waals surface area (Å²) < 4.78 is 12.2. The van der Waals surface area contributed by atoms with Gasteiger partial charge in [0.05, 0.1) is 18.3 Å². The molecule has 3 aliphatic rings. The first-order valence-corrected chi connectivity index (χ1v) is 9.56. The van der Waals surface area contributed by atoms with Crippen LogP contribution in [0.15, 0.2) is 12.1 Å². The van der Waals surface area contributed by atoms with Crippen molar-refractivity contribution in [2.45, 2.75) is 57.3 Å². The summed E-state index contributed by atoms with van der Waals surface area (Å²) in [5.74, 6) is 0.854. The van der Waals surface area contributed by atoms with Crippen molar-refractivity contribution >= 4 is 11.3 Å². The molecule has 0 radical (unpaired) electrons. The Hall–Kier alpha value is -0.420. The number of hydrogen-bond acceptors (Lipinski definition) is 4. The molecule has 0 unspecified atom stereocenters. The lowest BCUT2D eigenvalue weighted by molar-refractivity contribution is -0.0465. The van der Waals surface area contributed by atoms with E-state index in [1.165, 1.54) is 35.4 Å². The zero-order chi connectivity index (χ0) is 15.0. The number of thiophene rings is 1. The van der Waals surface area contributed by atoms with Crippen LogP contribution in [0, 0.1) is 12.8 Å². The SMILES string of the molecule is Cc1ccc(CN2CCC3(CC2)C[C@@H](OCC2CC2)CO3)s1. The van der Waals surface area contributed by atoms with Crippen molar-refractivity contribution in [3.63, 3.8) is 0 Å². The average Bonchev–Trinajstić information content (AvgIpc) is 3.14. The summed E-state index contributed by atoms with van der Waals surface area (Å²) in [6.45, 7) is 7.40. The van der Waals surface area contributed by atoms with Gasteiger partial charge in [-0.1, -0.05) is 0 Å². The van der Waals surface area contributed by atoms with Crippen molar-refractivity contribution in [2.24, 2.45) is 5.92 Å². The van der Waals surface area contributed by atoms with Crippen LogP contribution in [0.2, 0.25) is 0 Å². The summed E-state index contributed by atoms with van der Waals surface area (Å²) in [4.78, 5) is 5.49. The van der Waals surface area contributed by atoms with Gasteiger partial charge in [0, 0.05) is 42.4 Å². The van der Waals surface area contributed by atoms with E-state index >= 15 is 0 Å². The molecule has 1 aromatic rings. The third-order valence-electron chi connectivity index (χ3n) is 5.38. The second-order valence-electron chi connectivity index (χ2n) is 7.39. The molecule has 1 saturated carbocycles. The first kappa shape index (κ1) is 15.1. The van der Waals surface area contributed by atoms with Crippen LogP contribution < -0.4 is 0 Å². The predicted octanol–water partition coefficient (Wildman–Crippen LogP) is 3.61. The van der Waals surface area contributed by atoms with Crippen molar-refractivity contribution in [1.29, 1.82) is 0 Å². The van der Waals surface area contributed by atoms with Gasteiger partial charge in [-0.2, -0.15) is 0 Å². The Bertz CT molecular complexity index is 503. The summed E-state index contributed by atoms with van der Waals surface area (Å²) in [5, 5.41) is 0. The van der Waals surface area contributed by atoms with Crippen LogP contribution in [0.1, 0.15) is 41.9 Å². The molecular weight excluding hydrogens is 294 g/mol. The normalized spacial score (nSPS) is 28.5. The van der Waals surface area contributed by atoms with Crippen molar-refractivity contribution < 1.29 is 9.47 Å². The van der Waals surface area contributed by atoms with Crippen LogP contribution in [-0.4, -0.2) is 42.9 Å². The highest BCUT2D eigenvalue weighted by atomic mass is 32.1. The van der Waals surface area contributed by atoms with Gasteiger partial charge in [0.25, 0.3) is 0 Å². The molecule has 1 spiro atoms. The Balaban J connectivity index is 1.24. The Morgan fingerprint density at radius 1 is 1.32 bits per heavy atom. The number of rotatable bonds is 5. The van der Waals surface area contributed by atoms with Crippen LogP contribution in [0.5, 0.6) is 0 Å². The molecule has 4 heteroatoms. The van der Waals surface area contributed by atoms with E-state index in [0.29, 0.717) is 6.10 Å². The Morgan fingerprint density at radius 3 is 2.82 bits per heavy atom. The van der Waals surface area contributed by atoms with Gasteiger partial charge in [-0.25, -0.2) is 0 Å². The minimum Gasteiger partial charge on any atom is -0.375 e. The second kappa shape index (κ2) is 6.23. The summed E-state index contributed by atoms with van der Waals surface area (Å²) in [6, 6.07) is 4.51. The minimum absolute atomic E-state index is 0.121. The van der Waals surface area contributed by atoms with Gasteiger partial charge in [-0.3, -0.25) is 4.90 Å². The number of likely N-dealkylation sites (tertiary alicyclic amines) is 1. The molecule has 3 heterocycles. The van der Waals surface area contributed by atoms with Crippen molar-refractivity contribution in [3.8, 4) is 0 Å². The van der Waals surface area contributed by atoms with Crippen LogP contribution >= 0.6 is 11.3 Å². The van der Waals surface area contributed by atoms with E-state index in [2.05, 4.69) is 24.0 Å². The summed E-state index contributed by atoms with van der Waals surface area (Å²) in [7, 11) is 0. The lowest BCUT2D eigenvalue weighted by Gasteiger charge is -2.38. The number of aryl methyl sites for hydroxylation is 1. The van der Waals surface area contributed by atoms with Crippen LogP contribution in [0.25, 0.3) is 0 Å². The summed E-state index contributed by atoms with van der Waals surface area (Å²) in [5.41, 5.74) is 0.121. The van der Waals surface area contributed by atoms with E-state index in [4.69, 9.17) is 9.47 Å². The number of hydrogen-bond donors (Lipinski definition) is 0. The highest BCUT2D eigenvalue weighted by molar-refractivity contribution is 7.11. The maximum Gasteiger partial charge on any atom is 0.0836 e. The molecule has 22 heavy (non-hydrogen) atoms. The van der Waals surface area contributed by atoms with Crippen molar-refractivity contribution in [1.82, 2.24) is 4.90 Å². The van der Waals surface area contributed by atoms with Gasteiger partial charge in [-0.15, -0.1) is 11.3 Å². The summed E-state index contributed by atoms with van der Waals surface area (Å²) in [6.07, 6.45) is 6.55. The smallest absolute Gasteiger partial charge is 0.0836 e. The van der Waals surface area contributed by atoms with Gasteiger partial charge in [-0.05, 0) is 50.7 Å². The van der Waals surface area contributed by atoms with E-state index < -0.39 is 0 Å². The van der Waals surface area contributed by atoms with Gasteiger partial charge in [0.15, 0.2) is 0 Å². The van der Waals surface area contributed by atoms with E-state index in [1.54, 1.807) is 0 Å². The molecule has 3 fully saturated rings. The molecule has 0 N–H and O–H groups in total. The van der Waals surface area contributed by atoms with Gasteiger partial charge in [0.1, 0.15) is 0 Å². The zero-order valence-corrected chi connectivity index (χ0v) is 14.4. The van der Waals surface area contributed by atoms with Crippen molar-refractivity contribution in [2.75, 3.05) is 26.3 Å². The molecule has 4 rings (SSSR count). The van der Waals surface area contributed by atoms with Gasteiger partial charge in [0.2, 0.25) is 0 Å². The van der Waals surface area contributed by atoms with Crippen LogP contribution in [0.3, 0.4) is 0 Å². The number of piperidine rings is 1. The maximum atomic E-state index is 6.20. The Labute approximate surface area is 137 Å². The fraction of sp³-hybridized carbons (Fsp3) is 0.778. The molecule has 0 aromatic carbocycles. The van der Waals surface area contributed by atoms with E-state index in [0.717, 1.165) is 45.2 Å². The average molecular weight is 321 g/mol. The quantitative estimate of drug-likeness (QED) is 0.827. The lowest BCUT2D eigenvalue weighted by Crippen LogP contribution is -2.43. The van der Waals surface area contributed by atoms with E-state index in [1.807, 2.05) is 11.3 Å². The monoisotopic (exact) mass is 321 g/mol. The lowest BCUT2D eigenvalue weighted by atomic mass is 9.88. The molecule has 122 valence electrons. The highest BCUT2D eigenvalue weighted by Gasteiger charge is 2.43. The predicted molar refractivity (Wildman–Crippen MR) is 89.3 cm³/mol. The molecule has 3 nitrogen and oxygen atoms in total. The fourth-order valence-corrected chi connectivity index (χ4v) is 4.66. The number of nitrogens with zero attached hydrogens (tertiary/aromatic N) is 1. The minimum atomic E-state index is 0.121. The topological polar surface area (TPSA) is 21.7 Å². The first-order valence-electron chi connectivity index (χ1n) is 8.74. The molecule has 1 aromatic heterocycles. The molecule has 1 atom stereocenters. The number of ether oxygens (including phenoxy) is 2. The second-order valence-corrected chi connectivity index (χ2v) is 8.76. The molecular formula is C18H27NO2S. The molecule has 2 aliphatic heterocycles. The third kappa shape index (κ3) is 3.56. The van der Waals surface area contributed by atoms with Crippen LogP contribution in [-0.2, 0) is 16.0 Å².